The molecule has 0 aliphatic heterocycles. The third kappa shape index (κ3) is 2.77. The Morgan fingerprint density at radius 3 is 2.38 bits per heavy atom. The molecule has 1 fully saturated rings. The number of hydrogen-bond acceptors (Lipinski definition) is 3. The minimum Gasteiger partial charge on any atom is -0.462 e. The predicted molar refractivity (Wildman–Crippen MR) is 53.1 cm³/mol. The van der Waals surface area contributed by atoms with Gasteiger partial charge in [-0.05, 0) is 32.6 Å². The quantitative estimate of drug-likeness (QED) is 0.553. The molecular weight excluding hydrogens is 218 g/mol. The van der Waals surface area contributed by atoms with E-state index in [1.807, 2.05) is 0 Å². The van der Waals surface area contributed by atoms with Crippen molar-refractivity contribution < 1.29 is 23.1 Å². The van der Waals surface area contributed by atoms with E-state index in [0.29, 0.717) is 12.8 Å². The van der Waals surface area contributed by atoms with E-state index in [2.05, 4.69) is 4.74 Å². The van der Waals surface area contributed by atoms with Gasteiger partial charge in [0.25, 0.3) is 0 Å². The van der Waals surface area contributed by atoms with Gasteiger partial charge in [-0.15, -0.1) is 0 Å². The monoisotopic (exact) mass is 234 g/mol. The molecule has 1 aliphatic rings. The highest BCUT2D eigenvalue weighted by Gasteiger charge is 2.49. The van der Waals surface area contributed by atoms with Crippen molar-refractivity contribution in [2.45, 2.75) is 38.5 Å². The average molecular weight is 234 g/mol. The Hall–Kier alpha value is -1.00. The lowest BCUT2D eigenvalue weighted by atomic mass is 9.79. The summed E-state index contributed by atoms with van der Waals surface area (Å²) < 4.78 is 31.5. The Labute approximate surface area is 93.2 Å². The summed E-state index contributed by atoms with van der Waals surface area (Å²) in [6.45, 7) is 1.45. The molecule has 0 spiro atoms. The van der Waals surface area contributed by atoms with Crippen molar-refractivity contribution >= 4 is 12.3 Å². The lowest BCUT2D eigenvalue weighted by Gasteiger charge is -2.30. The first-order valence-corrected chi connectivity index (χ1v) is 5.52. The van der Waals surface area contributed by atoms with Crippen LogP contribution in [0.15, 0.2) is 0 Å². The Morgan fingerprint density at radius 1 is 1.38 bits per heavy atom. The van der Waals surface area contributed by atoms with E-state index in [1.54, 1.807) is 0 Å². The molecule has 0 atom stereocenters. The molecule has 0 heterocycles. The molecule has 0 amide bonds. The number of carbonyl (C=O) groups is 2. The fraction of sp³-hybridized carbons (Fsp3) is 0.818. The van der Waals surface area contributed by atoms with Crippen LogP contribution in [0, 0.1) is 11.8 Å². The summed E-state index contributed by atoms with van der Waals surface area (Å²) in [5.41, 5.74) is 0. The second-order valence-corrected chi connectivity index (χ2v) is 4.09. The molecule has 0 bridgehead atoms. The summed E-state index contributed by atoms with van der Waals surface area (Å²) in [5, 5.41) is 0. The van der Waals surface area contributed by atoms with Crippen LogP contribution in [0.5, 0.6) is 0 Å². The summed E-state index contributed by atoms with van der Waals surface area (Å²) in [5.74, 6) is -5.97. The van der Waals surface area contributed by atoms with E-state index in [4.69, 9.17) is 0 Å². The molecule has 0 aromatic rings. The first-order chi connectivity index (χ1) is 7.52. The molecular formula is C11H16F2O3. The van der Waals surface area contributed by atoms with Crippen LogP contribution in [0.1, 0.15) is 32.6 Å². The first-order valence-electron chi connectivity index (χ1n) is 5.52. The van der Waals surface area contributed by atoms with Gasteiger partial charge in [0.05, 0.1) is 6.61 Å². The topological polar surface area (TPSA) is 43.4 Å². The molecule has 0 radical (unpaired) electrons. The number of carbonyl (C=O) groups excluding carboxylic acids is 2. The second-order valence-electron chi connectivity index (χ2n) is 4.09. The van der Waals surface area contributed by atoms with Gasteiger partial charge in [0.15, 0.2) is 0 Å². The third-order valence-electron chi connectivity index (χ3n) is 3.02. The molecule has 1 saturated carbocycles. The van der Waals surface area contributed by atoms with Crippen LogP contribution < -0.4 is 0 Å². The summed E-state index contributed by atoms with van der Waals surface area (Å²) in [6.07, 6.45) is 2.08. The SMILES string of the molecule is CCOC(=O)C(F)(F)C1CCC(C=O)CC1. The standard InChI is InChI=1S/C11H16F2O3/c1-2-16-10(15)11(12,13)9-5-3-8(7-14)4-6-9/h7-9H,2-6H2,1H3. The zero-order valence-electron chi connectivity index (χ0n) is 9.25. The largest absolute Gasteiger partial charge is 0.462 e. The van der Waals surface area contributed by atoms with Crippen molar-refractivity contribution in [2.24, 2.45) is 11.8 Å². The smallest absolute Gasteiger partial charge is 0.377 e. The summed E-state index contributed by atoms with van der Waals surface area (Å²) in [6, 6.07) is 0. The van der Waals surface area contributed by atoms with Crippen LogP contribution in [0.25, 0.3) is 0 Å². The van der Waals surface area contributed by atoms with Gasteiger partial charge in [0.1, 0.15) is 6.29 Å². The highest BCUT2D eigenvalue weighted by atomic mass is 19.3. The van der Waals surface area contributed by atoms with Crippen molar-refractivity contribution in [3.05, 3.63) is 0 Å². The lowest BCUT2D eigenvalue weighted by molar-refractivity contribution is -0.182. The fourth-order valence-corrected chi connectivity index (χ4v) is 2.01. The molecule has 5 heteroatoms. The van der Waals surface area contributed by atoms with E-state index in [-0.39, 0.29) is 25.4 Å². The van der Waals surface area contributed by atoms with Crippen LogP contribution in [0.3, 0.4) is 0 Å². The zero-order chi connectivity index (χ0) is 12.2. The van der Waals surface area contributed by atoms with E-state index in [1.165, 1.54) is 6.92 Å². The van der Waals surface area contributed by atoms with Gasteiger partial charge in [-0.3, -0.25) is 0 Å². The maximum atomic E-state index is 13.6. The second kappa shape index (κ2) is 5.37. The minimum absolute atomic E-state index is 0.0435. The maximum Gasteiger partial charge on any atom is 0.377 e. The van der Waals surface area contributed by atoms with Crippen LogP contribution in [-0.2, 0) is 14.3 Å². The van der Waals surface area contributed by atoms with Crippen molar-refractivity contribution in [1.29, 1.82) is 0 Å². The highest BCUT2D eigenvalue weighted by Crippen LogP contribution is 2.38. The summed E-state index contributed by atoms with van der Waals surface area (Å²) >= 11 is 0. The van der Waals surface area contributed by atoms with Crippen molar-refractivity contribution in [3.63, 3.8) is 0 Å². The average Bonchev–Trinajstić information content (AvgIpc) is 2.29. The minimum atomic E-state index is -3.41. The van der Waals surface area contributed by atoms with E-state index < -0.39 is 17.8 Å². The van der Waals surface area contributed by atoms with Crippen LogP contribution in [0.4, 0.5) is 8.78 Å². The van der Waals surface area contributed by atoms with Crippen LogP contribution >= 0.6 is 0 Å². The van der Waals surface area contributed by atoms with Crippen molar-refractivity contribution in [3.8, 4) is 0 Å². The molecule has 1 rings (SSSR count). The molecule has 1 aliphatic carbocycles. The number of alkyl halides is 2. The Kier molecular flexibility index (Phi) is 4.38. The predicted octanol–water partition coefficient (Wildman–Crippen LogP) is 2.19. The normalized spacial score (nSPS) is 26.2. The molecule has 0 N–H and O–H groups in total. The maximum absolute atomic E-state index is 13.6. The molecule has 0 saturated heterocycles. The fourth-order valence-electron chi connectivity index (χ4n) is 2.01. The van der Waals surface area contributed by atoms with Gasteiger partial charge in [-0.2, -0.15) is 8.78 Å². The number of esters is 1. The van der Waals surface area contributed by atoms with E-state index >= 15 is 0 Å². The zero-order valence-corrected chi connectivity index (χ0v) is 9.25. The Balaban J connectivity index is 2.57. The van der Waals surface area contributed by atoms with Crippen LogP contribution in [0.2, 0.25) is 0 Å². The first kappa shape index (κ1) is 13.1. The highest BCUT2D eigenvalue weighted by molar-refractivity contribution is 5.78. The number of rotatable bonds is 4. The molecule has 0 unspecified atom stereocenters. The van der Waals surface area contributed by atoms with Gasteiger partial charge >= 0.3 is 11.9 Å². The number of ether oxygens (including phenoxy) is 1. The van der Waals surface area contributed by atoms with Crippen molar-refractivity contribution in [1.82, 2.24) is 0 Å². The van der Waals surface area contributed by atoms with E-state index in [0.717, 1.165) is 6.29 Å². The third-order valence-corrected chi connectivity index (χ3v) is 3.02. The Morgan fingerprint density at radius 2 is 1.94 bits per heavy atom. The van der Waals surface area contributed by atoms with Crippen LogP contribution in [-0.4, -0.2) is 24.8 Å². The number of hydrogen-bond donors (Lipinski definition) is 0. The molecule has 3 nitrogen and oxygen atoms in total. The summed E-state index contributed by atoms with van der Waals surface area (Å²) in [4.78, 5) is 21.5. The lowest BCUT2D eigenvalue weighted by Crippen LogP contribution is -2.40. The van der Waals surface area contributed by atoms with Gasteiger partial charge in [0.2, 0.25) is 0 Å². The molecule has 0 aromatic carbocycles. The number of halogens is 2. The Bertz CT molecular complexity index is 258. The van der Waals surface area contributed by atoms with Gasteiger partial charge in [-0.25, -0.2) is 4.79 Å². The van der Waals surface area contributed by atoms with Gasteiger partial charge < -0.3 is 9.53 Å². The number of aldehydes is 1. The van der Waals surface area contributed by atoms with Gasteiger partial charge in [-0.1, -0.05) is 0 Å². The molecule has 16 heavy (non-hydrogen) atoms. The molecule has 0 aromatic heterocycles. The van der Waals surface area contributed by atoms with E-state index in [9.17, 15) is 18.4 Å². The summed E-state index contributed by atoms with van der Waals surface area (Å²) in [7, 11) is 0. The molecule has 92 valence electrons. The van der Waals surface area contributed by atoms with Crippen molar-refractivity contribution in [2.75, 3.05) is 6.61 Å². The van der Waals surface area contributed by atoms with Gasteiger partial charge in [0, 0.05) is 11.8 Å².